The Bertz CT molecular complexity index is 1220. The van der Waals surface area contributed by atoms with E-state index in [-0.39, 0.29) is 5.56 Å². The second-order valence-electron chi connectivity index (χ2n) is 6.42. The summed E-state index contributed by atoms with van der Waals surface area (Å²) in [6, 6.07) is 18.8. The van der Waals surface area contributed by atoms with Crippen molar-refractivity contribution in [2.24, 2.45) is 0 Å². The number of benzene rings is 3. The molecule has 0 saturated carbocycles. The zero-order valence-electron chi connectivity index (χ0n) is 14.5. The fourth-order valence-electron chi connectivity index (χ4n) is 3.17. The monoisotopic (exact) mass is 343 g/mol. The minimum atomic E-state index is -0.643. The molecule has 0 fully saturated rings. The van der Waals surface area contributed by atoms with Crippen LogP contribution in [0.3, 0.4) is 0 Å². The van der Waals surface area contributed by atoms with Gasteiger partial charge in [0.15, 0.2) is 0 Å². The van der Waals surface area contributed by atoms with Crippen LogP contribution in [0.4, 0.5) is 5.69 Å². The van der Waals surface area contributed by atoms with Crippen LogP contribution in [0.25, 0.3) is 21.7 Å². The summed E-state index contributed by atoms with van der Waals surface area (Å²) in [5, 5.41) is 5.51. The van der Waals surface area contributed by atoms with Crippen LogP contribution < -0.4 is 10.9 Å². The van der Waals surface area contributed by atoms with E-state index in [0.717, 1.165) is 27.3 Å². The summed E-state index contributed by atoms with van der Waals surface area (Å²) in [5.74, 6) is -0.472. The van der Waals surface area contributed by atoms with Crippen LogP contribution in [-0.2, 0) is 0 Å². The maximum absolute atomic E-state index is 12.7. The van der Waals surface area contributed by atoms with Crippen molar-refractivity contribution >= 4 is 33.3 Å². The van der Waals surface area contributed by atoms with Crippen molar-refractivity contribution in [2.45, 2.75) is 13.8 Å². The number of amides is 1. The zero-order valence-corrected chi connectivity index (χ0v) is 14.5. The van der Waals surface area contributed by atoms with Gasteiger partial charge in [0.25, 0.3) is 5.91 Å². The van der Waals surface area contributed by atoms with E-state index in [4.69, 9.17) is 4.42 Å². The second kappa shape index (κ2) is 6.15. The topological polar surface area (TPSA) is 59.3 Å². The fourth-order valence-corrected chi connectivity index (χ4v) is 3.17. The molecule has 0 bridgehead atoms. The maximum Gasteiger partial charge on any atom is 0.349 e. The molecule has 4 heteroatoms. The Kier molecular flexibility index (Phi) is 3.81. The predicted octanol–water partition coefficient (Wildman–Crippen LogP) is 4.82. The van der Waals surface area contributed by atoms with Gasteiger partial charge in [-0.1, -0.05) is 48.0 Å². The summed E-state index contributed by atoms with van der Waals surface area (Å²) in [7, 11) is 0. The number of carbonyl (C=O) groups is 1. The number of nitrogens with one attached hydrogen (secondary N) is 1. The Balaban J connectivity index is 1.82. The highest BCUT2D eigenvalue weighted by molar-refractivity contribution is 6.10. The number of carbonyl (C=O) groups excluding carboxylic acids is 1. The third-order valence-electron chi connectivity index (χ3n) is 4.52. The largest absolute Gasteiger partial charge is 0.422 e. The third-order valence-corrected chi connectivity index (χ3v) is 4.52. The average Bonchev–Trinajstić information content (AvgIpc) is 2.63. The summed E-state index contributed by atoms with van der Waals surface area (Å²) in [6.07, 6.45) is 0. The average molecular weight is 343 g/mol. The number of rotatable bonds is 2. The first kappa shape index (κ1) is 16.1. The predicted molar refractivity (Wildman–Crippen MR) is 104 cm³/mol. The molecule has 128 valence electrons. The lowest BCUT2D eigenvalue weighted by Crippen LogP contribution is -2.21. The highest BCUT2D eigenvalue weighted by Gasteiger charge is 2.16. The van der Waals surface area contributed by atoms with Crippen LogP contribution in [0.15, 0.2) is 69.9 Å². The van der Waals surface area contributed by atoms with E-state index >= 15 is 0 Å². The molecule has 26 heavy (non-hydrogen) atoms. The summed E-state index contributed by atoms with van der Waals surface area (Å²) in [5.41, 5.74) is 2.55. The molecule has 1 N–H and O–H groups in total. The smallest absolute Gasteiger partial charge is 0.349 e. The Hall–Kier alpha value is -3.40. The standard InChI is InChI=1S/C22H17NO3/c1-13-7-9-19(14(2)11-13)23-21(24)18-12-17-16-6-4-3-5-15(16)8-10-20(17)26-22(18)25/h3-12H,1-2H3,(H,23,24). The van der Waals surface area contributed by atoms with Crippen LogP contribution in [-0.4, -0.2) is 5.91 Å². The number of aryl methyl sites for hydroxylation is 2. The number of anilines is 1. The van der Waals surface area contributed by atoms with Crippen molar-refractivity contribution in [1.29, 1.82) is 0 Å². The van der Waals surface area contributed by atoms with Gasteiger partial charge in [-0.3, -0.25) is 4.79 Å². The van der Waals surface area contributed by atoms with Gasteiger partial charge < -0.3 is 9.73 Å². The van der Waals surface area contributed by atoms with Crippen LogP contribution in [0.1, 0.15) is 21.5 Å². The van der Waals surface area contributed by atoms with Gasteiger partial charge in [-0.25, -0.2) is 4.79 Å². The van der Waals surface area contributed by atoms with Gasteiger partial charge in [0.2, 0.25) is 0 Å². The van der Waals surface area contributed by atoms with Crippen molar-refractivity contribution in [3.63, 3.8) is 0 Å². The van der Waals surface area contributed by atoms with E-state index in [1.807, 2.05) is 62.4 Å². The van der Waals surface area contributed by atoms with E-state index in [2.05, 4.69) is 5.32 Å². The molecule has 0 radical (unpaired) electrons. The van der Waals surface area contributed by atoms with Crippen molar-refractivity contribution in [3.8, 4) is 0 Å². The van der Waals surface area contributed by atoms with E-state index < -0.39 is 11.5 Å². The van der Waals surface area contributed by atoms with Gasteiger partial charge in [0, 0.05) is 11.1 Å². The molecular weight excluding hydrogens is 326 g/mol. The molecule has 0 spiro atoms. The van der Waals surface area contributed by atoms with E-state index in [0.29, 0.717) is 11.3 Å². The lowest BCUT2D eigenvalue weighted by molar-refractivity contribution is 0.102. The minimum Gasteiger partial charge on any atom is -0.422 e. The Morgan fingerprint density at radius 1 is 0.923 bits per heavy atom. The van der Waals surface area contributed by atoms with Gasteiger partial charge in [-0.05, 0) is 48.4 Å². The first-order valence-electron chi connectivity index (χ1n) is 8.37. The molecule has 4 aromatic rings. The van der Waals surface area contributed by atoms with Gasteiger partial charge in [0.1, 0.15) is 11.1 Å². The van der Waals surface area contributed by atoms with Gasteiger partial charge >= 0.3 is 5.63 Å². The van der Waals surface area contributed by atoms with Gasteiger partial charge in [0.05, 0.1) is 0 Å². The van der Waals surface area contributed by atoms with Crippen molar-refractivity contribution in [1.82, 2.24) is 0 Å². The molecule has 0 atom stereocenters. The van der Waals surface area contributed by atoms with E-state index in [1.165, 1.54) is 0 Å². The highest BCUT2D eigenvalue weighted by Crippen LogP contribution is 2.25. The molecule has 0 saturated heterocycles. The fraction of sp³-hybridized carbons (Fsp3) is 0.0909. The Labute approximate surface area is 150 Å². The van der Waals surface area contributed by atoms with E-state index in [9.17, 15) is 9.59 Å². The molecule has 1 amide bonds. The normalized spacial score (nSPS) is 11.0. The molecular formula is C22H17NO3. The molecule has 4 rings (SSSR count). The van der Waals surface area contributed by atoms with Crippen LogP contribution in [0.2, 0.25) is 0 Å². The number of fused-ring (bicyclic) bond motifs is 3. The number of hydrogen-bond donors (Lipinski definition) is 1. The molecule has 0 aliphatic heterocycles. The molecule has 3 aromatic carbocycles. The summed E-state index contributed by atoms with van der Waals surface area (Å²) >= 11 is 0. The molecule has 1 heterocycles. The van der Waals surface area contributed by atoms with E-state index in [1.54, 1.807) is 12.1 Å². The van der Waals surface area contributed by atoms with Crippen molar-refractivity contribution < 1.29 is 9.21 Å². The Morgan fingerprint density at radius 2 is 1.73 bits per heavy atom. The second-order valence-corrected chi connectivity index (χ2v) is 6.42. The first-order chi connectivity index (χ1) is 12.5. The summed E-state index contributed by atoms with van der Waals surface area (Å²) in [4.78, 5) is 25.0. The third kappa shape index (κ3) is 2.75. The highest BCUT2D eigenvalue weighted by atomic mass is 16.4. The maximum atomic E-state index is 12.7. The van der Waals surface area contributed by atoms with Gasteiger partial charge in [-0.2, -0.15) is 0 Å². The molecule has 4 nitrogen and oxygen atoms in total. The Morgan fingerprint density at radius 3 is 2.54 bits per heavy atom. The number of hydrogen-bond acceptors (Lipinski definition) is 3. The zero-order chi connectivity index (χ0) is 18.3. The van der Waals surface area contributed by atoms with Crippen molar-refractivity contribution in [2.75, 3.05) is 5.32 Å². The minimum absolute atomic E-state index is 0.00571. The molecule has 0 unspecified atom stereocenters. The van der Waals surface area contributed by atoms with Crippen molar-refractivity contribution in [3.05, 3.63) is 87.8 Å². The van der Waals surface area contributed by atoms with Crippen LogP contribution in [0.5, 0.6) is 0 Å². The quantitative estimate of drug-likeness (QED) is 0.419. The SMILES string of the molecule is Cc1ccc(NC(=O)c2cc3c(ccc4ccccc43)oc2=O)c(C)c1. The lowest BCUT2D eigenvalue weighted by Gasteiger charge is -2.09. The summed E-state index contributed by atoms with van der Waals surface area (Å²) in [6.45, 7) is 3.90. The van der Waals surface area contributed by atoms with Crippen LogP contribution in [0, 0.1) is 13.8 Å². The molecule has 0 aliphatic carbocycles. The van der Waals surface area contributed by atoms with Gasteiger partial charge in [-0.15, -0.1) is 0 Å². The first-order valence-corrected chi connectivity index (χ1v) is 8.37. The van der Waals surface area contributed by atoms with Crippen LogP contribution >= 0.6 is 0 Å². The molecule has 1 aromatic heterocycles. The summed E-state index contributed by atoms with van der Waals surface area (Å²) < 4.78 is 5.39. The molecule has 0 aliphatic rings. The lowest BCUT2D eigenvalue weighted by atomic mass is 10.0.